The highest BCUT2D eigenvalue weighted by atomic mass is 16.5. The third kappa shape index (κ3) is 4.32. The summed E-state index contributed by atoms with van der Waals surface area (Å²) in [6, 6.07) is 13.3. The van der Waals surface area contributed by atoms with E-state index in [2.05, 4.69) is 10.1 Å². The van der Waals surface area contributed by atoms with Gasteiger partial charge < -0.3 is 4.74 Å². The predicted molar refractivity (Wildman–Crippen MR) is 95.9 cm³/mol. The molecule has 25 heavy (non-hydrogen) atoms. The van der Waals surface area contributed by atoms with Crippen LogP contribution in [-0.4, -0.2) is 27.3 Å². The highest BCUT2D eigenvalue weighted by molar-refractivity contribution is 5.89. The second-order valence-electron chi connectivity index (χ2n) is 5.98. The molecule has 0 bridgehead atoms. The molecule has 5 nitrogen and oxygen atoms in total. The fourth-order valence-electron chi connectivity index (χ4n) is 2.70. The molecule has 0 aliphatic carbocycles. The van der Waals surface area contributed by atoms with Crippen LogP contribution >= 0.6 is 0 Å². The van der Waals surface area contributed by atoms with Gasteiger partial charge in [-0.25, -0.2) is 9.48 Å². The van der Waals surface area contributed by atoms with E-state index < -0.39 is 0 Å². The lowest BCUT2D eigenvalue weighted by atomic mass is 10.1. The molecule has 3 rings (SSSR count). The largest absolute Gasteiger partial charge is 0.462 e. The summed E-state index contributed by atoms with van der Waals surface area (Å²) in [7, 11) is 0. The summed E-state index contributed by atoms with van der Waals surface area (Å²) in [5.74, 6) is -0.297. The smallest absolute Gasteiger partial charge is 0.338 e. The fraction of sp³-hybridized carbons (Fsp3) is 0.250. The Morgan fingerprint density at radius 3 is 2.44 bits per heavy atom. The zero-order chi connectivity index (χ0) is 17.6. The first-order chi connectivity index (χ1) is 12.1. The van der Waals surface area contributed by atoms with Crippen LogP contribution in [0.25, 0.3) is 5.69 Å². The number of aryl methyl sites for hydroxylation is 3. The topological polar surface area (TPSA) is 57.0 Å². The van der Waals surface area contributed by atoms with Crippen LogP contribution in [-0.2, 0) is 11.2 Å². The Hall–Kier alpha value is -2.95. The van der Waals surface area contributed by atoms with Crippen molar-refractivity contribution in [3.8, 4) is 5.69 Å². The fourth-order valence-corrected chi connectivity index (χ4v) is 2.70. The van der Waals surface area contributed by atoms with Crippen molar-refractivity contribution in [3.05, 3.63) is 77.4 Å². The molecule has 0 saturated carbocycles. The lowest BCUT2D eigenvalue weighted by Crippen LogP contribution is -2.07. The molecule has 128 valence electrons. The summed E-state index contributed by atoms with van der Waals surface area (Å²) in [5, 5.41) is 4.44. The second-order valence-corrected chi connectivity index (χ2v) is 5.98. The number of esters is 1. The number of carbonyl (C=O) groups is 1. The van der Waals surface area contributed by atoms with Crippen molar-refractivity contribution in [1.29, 1.82) is 0 Å². The molecule has 0 aliphatic heterocycles. The number of rotatable bonds is 6. The van der Waals surface area contributed by atoms with Crippen molar-refractivity contribution < 1.29 is 9.53 Å². The average Bonchev–Trinajstić information content (AvgIpc) is 2.98. The van der Waals surface area contributed by atoms with E-state index in [0.717, 1.165) is 29.9 Å². The summed E-state index contributed by atoms with van der Waals surface area (Å²) in [5.41, 5.74) is 4.70. The van der Waals surface area contributed by atoms with Gasteiger partial charge in [0.25, 0.3) is 0 Å². The van der Waals surface area contributed by atoms with Crippen LogP contribution in [0.4, 0.5) is 0 Å². The Morgan fingerprint density at radius 1 is 1.08 bits per heavy atom. The monoisotopic (exact) mass is 335 g/mol. The Balaban J connectivity index is 1.53. The molecule has 3 aromatic rings. The van der Waals surface area contributed by atoms with Gasteiger partial charge in [0.2, 0.25) is 0 Å². The van der Waals surface area contributed by atoms with Crippen LogP contribution in [0.15, 0.2) is 54.9 Å². The molecule has 0 aliphatic rings. The lowest BCUT2D eigenvalue weighted by Gasteiger charge is -2.07. The number of carbonyl (C=O) groups excluding carboxylic acids is 1. The average molecular weight is 335 g/mol. The molecule has 0 N–H and O–H groups in total. The third-order valence-electron chi connectivity index (χ3n) is 3.95. The van der Waals surface area contributed by atoms with Gasteiger partial charge in [0.1, 0.15) is 0 Å². The SMILES string of the molecule is Cc1cc(C)n(-c2ccc(C(=O)OCCCc3ccncc3)cc2)n1. The number of ether oxygens (including phenoxy) is 1. The number of aromatic nitrogens is 3. The van der Waals surface area contributed by atoms with Crippen molar-refractivity contribution in [3.63, 3.8) is 0 Å². The van der Waals surface area contributed by atoms with Crippen molar-refractivity contribution in [2.75, 3.05) is 6.61 Å². The normalized spacial score (nSPS) is 10.6. The van der Waals surface area contributed by atoms with E-state index in [-0.39, 0.29) is 5.97 Å². The quantitative estimate of drug-likeness (QED) is 0.509. The van der Waals surface area contributed by atoms with E-state index in [0.29, 0.717) is 12.2 Å². The van der Waals surface area contributed by atoms with E-state index in [1.165, 1.54) is 5.56 Å². The molecule has 0 saturated heterocycles. The standard InChI is InChI=1S/C20H21N3O2/c1-15-14-16(2)23(22-15)19-7-5-18(6-8-19)20(24)25-13-3-4-17-9-11-21-12-10-17/h5-12,14H,3-4,13H2,1-2H3. The Kier molecular flexibility index (Phi) is 5.23. The summed E-state index contributed by atoms with van der Waals surface area (Å²) in [4.78, 5) is 16.1. The Morgan fingerprint density at radius 2 is 1.80 bits per heavy atom. The number of nitrogens with zero attached hydrogens (tertiary/aromatic N) is 3. The molecule has 2 aromatic heterocycles. The lowest BCUT2D eigenvalue weighted by molar-refractivity contribution is 0.0500. The van der Waals surface area contributed by atoms with Crippen LogP contribution in [0.1, 0.15) is 33.7 Å². The molecule has 0 spiro atoms. The van der Waals surface area contributed by atoms with E-state index >= 15 is 0 Å². The van der Waals surface area contributed by atoms with E-state index in [1.807, 2.05) is 48.9 Å². The minimum Gasteiger partial charge on any atom is -0.462 e. The van der Waals surface area contributed by atoms with Crippen molar-refractivity contribution in [2.45, 2.75) is 26.7 Å². The summed E-state index contributed by atoms with van der Waals surface area (Å²) in [6.45, 7) is 4.37. The van der Waals surface area contributed by atoms with Crippen molar-refractivity contribution in [1.82, 2.24) is 14.8 Å². The molecular weight excluding hydrogens is 314 g/mol. The first-order valence-corrected chi connectivity index (χ1v) is 8.33. The van der Waals surface area contributed by atoms with Gasteiger partial charge in [0, 0.05) is 18.1 Å². The first kappa shape index (κ1) is 16.9. The van der Waals surface area contributed by atoms with E-state index in [4.69, 9.17) is 4.74 Å². The maximum absolute atomic E-state index is 12.1. The second kappa shape index (κ2) is 7.75. The Bertz CT molecular complexity index is 839. The molecular formula is C20H21N3O2. The van der Waals surface area contributed by atoms with Gasteiger partial charge in [-0.05, 0) is 74.7 Å². The van der Waals surface area contributed by atoms with Crippen molar-refractivity contribution in [2.24, 2.45) is 0 Å². The predicted octanol–water partition coefficient (Wildman–Crippen LogP) is 3.67. The number of pyridine rings is 1. The molecule has 5 heteroatoms. The summed E-state index contributed by atoms with van der Waals surface area (Å²) < 4.78 is 7.21. The molecule has 0 atom stereocenters. The van der Waals surface area contributed by atoms with Gasteiger partial charge in [-0.3, -0.25) is 4.98 Å². The molecule has 0 fully saturated rings. The van der Waals surface area contributed by atoms with Gasteiger partial charge >= 0.3 is 5.97 Å². The summed E-state index contributed by atoms with van der Waals surface area (Å²) in [6.07, 6.45) is 5.20. The van der Waals surface area contributed by atoms with E-state index in [9.17, 15) is 4.79 Å². The summed E-state index contributed by atoms with van der Waals surface area (Å²) >= 11 is 0. The maximum Gasteiger partial charge on any atom is 0.338 e. The van der Waals surface area contributed by atoms with Gasteiger partial charge in [-0.15, -0.1) is 0 Å². The third-order valence-corrected chi connectivity index (χ3v) is 3.95. The highest BCUT2D eigenvalue weighted by Gasteiger charge is 2.09. The van der Waals surface area contributed by atoms with Gasteiger partial charge in [-0.2, -0.15) is 5.10 Å². The van der Waals surface area contributed by atoms with Gasteiger partial charge in [0.15, 0.2) is 0 Å². The van der Waals surface area contributed by atoms with Crippen LogP contribution in [0, 0.1) is 13.8 Å². The number of benzene rings is 1. The minimum absolute atomic E-state index is 0.297. The molecule has 0 amide bonds. The zero-order valence-electron chi connectivity index (χ0n) is 14.5. The number of hydrogen-bond acceptors (Lipinski definition) is 4. The van der Waals surface area contributed by atoms with E-state index in [1.54, 1.807) is 24.5 Å². The molecule has 1 aromatic carbocycles. The van der Waals surface area contributed by atoms with Crippen LogP contribution in [0.5, 0.6) is 0 Å². The highest BCUT2D eigenvalue weighted by Crippen LogP contribution is 2.14. The zero-order valence-corrected chi connectivity index (χ0v) is 14.5. The van der Waals surface area contributed by atoms with Gasteiger partial charge in [0.05, 0.1) is 23.6 Å². The van der Waals surface area contributed by atoms with Crippen molar-refractivity contribution >= 4 is 5.97 Å². The molecule has 0 unspecified atom stereocenters. The Labute approximate surface area is 147 Å². The molecule has 2 heterocycles. The number of hydrogen-bond donors (Lipinski definition) is 0. The minimum atomic E-state index is -0.297. The first-order valence-electron chi connectivity index (χ1n) is 8.33. The van der Waals surface area contributed by atoms with Crippen LogP contribution in [0.3, 0.4) is 0 Å². The van der Waals surface area contributed by atoms with Gasteiger partial charge in [-0.1, -0.05) is 0 Å². The molecule has 0 radical (unpaired) electrons. The maximum atomic E-state index is 12.1. The van der Waals surface area contributed by atoms with Crippen LogP contribution in [0.2, 0.25) is 0 Å². The van der Waals surface area contributed by atoms with Crippen LogP contribution < -0.4 is 0 Å².